The molecular formula is C17H12ClF2N3OS2. The Bertz CT molecular complexity index is 922. The van der Waals surface area contributed by atoms with Gasteiger partial charge in [0.25, 0.3) is 0 Å². The van der Waals surface area contributed by atoms with Gasteiger partial charge in [0.2, 0.25) is 5.91 Å². The lowest BCUT2D eigenvalue weighted by Crippen LogP contribution is -2.12. The van der Waals surface area contributed by atoms with Crippen LogP contribution in [0.4, 0.5) is 14.5 Å². The smallest absolute Gasteiger partial charge is 0.224 e. The number of carbonyl (C=O) groups is 1. The molecule has 0 bridgehead atoms. The second-order valence-electron chi connectivity index (χ2n) is 5.21. The molecule has 1 aromatic heterocycles. The Kier molecular flexibility index (Phi) is 6.18. The summed E-state index contributed by atoms with van der Waals surface area (Å²) in [6, 6.07) is 9.04. The number of carbonyl (C=O) groups excluding carboxylic acids is 1. The SMILES string of the molecule is O=C(CCc1cccc(F)c1F)Nc1ccc(Sc2nncs2)c(Cl)c1. The number of amides is 1. The fraction of sp³-hybridized carbons (Fsp3) is 0.118. The molecule has 3 rings (SSSR count). The van der Waals surface area contributed by atoms with Gasteiger partial charge in [-0.1, -0.05) is 46.8 Å². The molecule has 134 valence electrons. The second-order valence-corrected chi connectivity index (χ2v) is 7.74. The predicted molar refractivity (Wildman–Crippen MR) is 98.8 cm³/mol. The van der Waals surface area contributed by atoms with E-state index < -0.39 is 11.6 Å². The number of benzene rings is 2. The molecule has 26 heavy (non-hydrogen) atoms. The topological polar surface area (TPSA) is 54.9 Å². The standard InChI is InChI=1S/C17H12ClF2N3OS2/c18-12-8-11(5-6-14(12)26-17-23-21-9-25-17)22-15(24)7-4-10-2-1-3-13(19)16(10)20/h1-3,5-6,8-9H,4,7H2,(H,22,24). The van der Waals surface area contributed by atoms with Gasteiger partial charge in [-0.2, -0.15) is 0 Å². The average molecular weight is 412 g/mol. The van der Waals surface area contributed by atoms with E-state index in [0.29, 0.717) is 10.7 Å². The largest absolute Gasteiger partial charge is 0.326 e. The summed E-state index contributed by atoms with van der Waals surface area (Å²) in [5.74, 6) is -2.14. The quantitative estimate of drug-likeness (QED) is 0.606. The van der Waals surface area contributed by atoms with Crippen molar-refractivity contribution in [2.45, 2.75) is 22.1 Å². The highest BCUT2D eigenvalue weighted by Gasteiger charge is 2.11. The van der Waals surface area contributed by atoms with Crippen molar-refractivity contribution in [2.75, 3.05) is 5.32 Å². The summed E-state index contributed by atoms with van der Waals surface area (Å²) in [4.78, 5) is 12.8. The van der Waals surface area contributed by atoms with Crippen molar-refractivity contribution in [3.63, 3.8) is 0 Å². The molecule has 9 heteroatoms. The van der Waals surface area contributed by atoms with E-state index in [1.54, 1.807) is 23.7 Å². The van der Waals surface area contributed by atoms with Gasteiger partial charge in [0, 0.05) is 17.0 Å². The zero-order chi connectivity index (χ0) is 18.5. The summed E-state index contributed by atoms with van der Waals surface area (Å²) in [7, 11) is 0. The fourth-order valence-electron chi connectivity index (χ4n) is 2.18. The number of anilines is 1. The molecule has 1 heterocycles. The summed E-state index contributed by atoms with van der Waals surface area (Å²) in [6.45, 7) is 0. The number of hydrogen-bond donors (Lipinski definition) is 1. The molecule has 0 saturated carbocycles. The number of nitrogens with one attached hydrogen (secondary N) is 1. The third kappa shape index (κ3) is 4.78. The summed E-state index contributed by atoms with van der Waals surface area (Å²) >= 11 is 9.02. The molecule has 1 N–H and O–H groups in total. The van der Waals surface area contributed by atoms with E-state index in [1.807, 2.05) is 0 Å². The van der Waals surface area contributed by atoms with Crippen LogP contribution >= 0.6 is 34.7 Å². The maximum atomic E-state index is 13.6. The van der Waals surface area contributed by atoms with Crippen molar-refractivity contribution in [3.8, 4) is 0 Å². The molecule has 0 radical (unpaired) electrons. The van der Waals surface area contributed by atoms with Gasteiger partial charge in [-0.15, -0.1) is 10.2 Å². The van der Waals surface area contributed by atoms with Gasteiger partial charge in [-0.3, -0.25) is 4.79 Å². The minimum Gasteiger partial charge on any atom is -0.326 e. The van der Waals surface area contributed by atoms with Gasteiger partial charge in [-0.05, 0) is 36.2 Å². The van der Waals surface area contributed by atoms with E-state index in [9.17, 15) is 13.6 Å². The lowest BCUT2D eigenvalue weighted by Gasteiger charge is -2.08. The van der Waals surface area contributed by atoms with Gasteiger partial charge in [0.15, 0.2) is 16.0 Å². The first-order valence-corrected chi connectivity index (χ1v) is 9.56. The van der Waals surface area contributed by atoms with Gasteiger partial charge in [-0.25, -0.2) is 8.78 Å². The lowest BCUT2D eigenvalue weighted by atomic mass is 10.1. The third-order valence-electron chi connectivity index (χ3n) is 3.41. The molecule has 3 aromatic rings. The van der Waals surface area contributed by atoms with Crippen molar-refractivity contribution in [2.24, 2.45) is 0 Å². The molecule has 0 saturated heterocycles. The Morgan fingerprint density at radius 3 is 2.85 bits per heavy atom. The molecule has 0 spiro atoms. The van der Waals surface area contributed by atoms with Crippen LogP contribution in [-0.2, 0) is 11.2 Å². The van der Waals surface area contributed by atoms with Crippen LogP contribution < -0.4 is 5.32 Å². The fourth-order valence-corrected chi connectivity index (χ4v) is 3.91. The van der Waals surface area contributed by atoms with Crippen molar-refractivity contribution >= 4 is 46.3 Å². The Morgan fingerprint density at radius 1 is 1.27 bits per heavy atom. The summed E-state index contributed by atoms with van der Waals surface area (Å²) < 4.78 is 27.5. The highest BCUT2D eigenvalue weighted by molar-refractivity contribution is 8.01. The Labute approximate surface area is 161 Å². The van der Waals surface area contributed by atoms with Crippen LogP contribution in [0, 0.1) is 11.6 Å². The molecular weight excluding hydrogens is 400 g/mol. The molecule has 0 aliphatic rings. The zero-order valence-corrected chi connectivity index (χ0v) is 15.6. The van der Waals surface area contributed by atoms with E-state index in [4.69, 9.17) is 11.6 Å². The molecule has 0 fully saturated rings. The van der Waals surface area contributed by atoms with E-state index >= 15 is 0 Å². The molecule has 0 aliphatic heterocycles. The first-order chi connectivity index (χ1) is 12.5. The molecule has 0 aliphatic carbocycles. The van der Waals surface area contributed by atoms with E-state index in [0.717, 1.165) is 15.3 Å². The van der Waals surface area contributed by atoms with Gasteiger partial charge in [0.1, 0.15) is 5.51 Å². The number of aryl methyl sites for hydroxylation is 1. The van der Waals surface area contributed by atoms with E-state index in [-0.39, 0.29) is 24.3 Å². The first kappa shape index (κ1) is 18.8. The van der Waals surface area contributed by atoms with Crippen LogP contribution in [0.25, 0.3) is 0 Å². The monoisotopic (exact) mass is 411 g/mol. The minimum atomic E-state index is -0.918. The molecule has 1 amide bonds. The minimum absolute atomic E-state index is 0.0271. The predicted octanol–water partition coefficient (Wildman–Crippen LogP) is 5.19. The van der Waals surface area contributed by atoms with Crippen LogP contribution in [0.1, 0.15) is 12.0 Å². The van der Waals surface area contributed by atoms with Crippen molar-refractivity contribution in [1.29, 1.82) is 0 Å². The summed E-state index contributed by atoms with van der Waals surface area (Å²) in [5, 5.41) is 10.9. The normalized spacial score (nSPS) is 10.7. The zero-order valence-electron chi connectivity index (χ0n) is 13.2. The number of halogens is 3. The van der Waals surface area contributed by atoms with Crippen LogP contribution in [-0.4, -0.2) is 16.1 Å². The Hall–Kier alpha value is -2.03. The van der Waals surface area contributed by atoms with Gasteiger partial charge in [0.05, 0.1) is 5.02 Å². The lowest BCUT2D eigenvalue weighted by molar-refractivity contribution is -0.116. The Balaban J connectivity index is 1.59. The number of nitrogens with zero attached hydrogens (tertiary/aromatic N) is 2. The summed E-state index contributed by atoms with van der Waals surface area (Å²) in [5.41, 5.74) is 2.33. The van der Waals surface area contributed by atoms with Gasteiger partial charge < -0.3 is 5.32 Å². The molecule has 0 unspecified atom stereocenters. The Morgan fingerprint density at radius 2 is 2.12 bits per heavy atom. The van der Waals surface area contributed by atoms with Gasteiger partial charge >= 0.3 is 0 Å². The van der Waals surface area contributed by atoms with Crippen LogP contribution in [0.2, 0.25) is 5.02 Å². The third-order valence-corrected chi connectivity index (χ3v) is 5.68. The highest BCUT2D eigenvalue weighted by atomic mass is 35.5. The van der Waals surface area contributed by atoms with Crippen molar-refractivity contribution in [1.82, 2.24) is 10.2 Å². The van der Waals surface area contributed by atoms with Crippen LogP contribution in [0.5, 0.6) is 0 Å². The van der Waals surface area contributed by atoms with Crippen LogP contribution in [0.15, 0.2) is 51.1 Å². The highest BCUT2D eigenvalue weighted by Crippen LogP contribution is 2.35. The average Bonchev–Trinajstić information content (AvgIpc) is 3.12. The molecule has 2 aromatic carbocycles. The number of aromatic nitrogens is 2. The van der Waals surface area contributed by atoms with E-state index in [2.05, 4.69) is 15.5 Å². The van der Waals surface area contributed by atoms with Crippen molar-refractivity contribution in [3.05, 3.63) is 64.1 Å². The van der Waals surface area contributed by atoms with Crippen LogP contribution in [0.3, 0.4) is 0 Å². The molecule has 4 nitrogen and oxygen atoms in total. The van der Waals surface area contributed by atoms with E-state index in [1.165, 1.54) is 35.2 Å². The number of hydrogen-bond acceptors (Lipinski definition) is 5. The second kappa shape index (κ2) is 8.57. The maximum Gasteiger partial charge on any atom is 0.224 e. The molecule has 0 atom stereocenters. The van der Waals surface area contributed by atoms with Crippen molar-refractivity contribution < 1.29 is 13.6 Å². The maximum absolute atomic E-state index is 13.6. The number of rotatable bonds is 6. The first-order valence-electron chi connectivity index (χ1n) is 7.49. The summed E-state index contributed by atoms with van der Waals surface area (Å²) in [6.07, 6.45) is 0.132.